The summed E-state index contributed by atoms with van der Waals surface area (Å²) in [5, 5.41) is 13.6. The van der Waals surface area contributed by atoms with Crippen LogP contribution in [0, 0.1) is 0 Å². The smallest absolute Gasteiger partial charge is 0.375 e. The molecular weight excluding hydrogens is 121 g/mol. The second kappa shape index (κ2) is 1.89. The lowest BCUT2D eigenvalue weighted by molar-refractivity contribution is 0.0684. The molecule has 6 heteroatoms. The molecule has 0 aliphatic rings. The Bertz CT molecular complexity index is 233. The quantitative estimate of drug-likeness (QED) is 0.436. The number of nitrogens with zero attached hydrogens (tertiary/aromatic N) is 2. The average molecular weight is 123 g/mol. The number of carboxylic acids is 1. The number of hydrogen-bond donors (Lipinski definition) is 2. The highest BCUT2D eigenvalue weighted by molar-refractivity contribution is 6.29. The van der Waals surface area contributed by atoms with Crippen LogP contribution in [0.4, 0.5) is 0 Å². The molecule has 2 N–H and O–H groups in total. The van der Waals surface area contributed by atoms with Gasteiger partial charge in [-0.25, -0.2) is 9.78 Å². The van der Waals surface area contributed by atoms with Crippen molar-refractivity contribution in [3.8, 4) is 0 Å². The molecule has 44 valence electrons. The SMILES string of the molecule is [B]c1nc(C(=O)O)n[nH]1. The third-order valence-corrected chi connectivity index (χ3v) is 0.694. The van der Waals surface area contributed by atoms with Gasteiger partial charge in [0.05, 0.1) is 5.72 Å². The van der Waals surface area contributed by atoms with E-state index in [0.717, 1.165) is 0 Å². The van der Waals surface area contributed by atoms with Gasteiger partial charge in [-0.1, -0.05) is 0 Å². The van der Waals surface area contributed by atoms with Gasteiger partial charge < -0.3 is 5.11 Å². The van der Waals surface area contributed by atoms with Crippen molar-refractivity contribution in [2.75, 3.05) is 0 Å². The molecule has 0 saturated carbocycles. The van der Waals surface area contributed by atoms with Crippen LogP contribution in [0.5, 0.6) is 0 Å². The molecule has 0 saturated heterocycles. The second-order valence-electron chi connectivity index (χ2n) is 1.35. The van der Waals surface area contributed by atoms with Crippen molar-refractivity contribution in [3.05, 3.63) is 5.82 Å². The molecule has 0 aliphatic carbocycles. The highest BCUT2D eigenvalue weighted by Crippen LogP contribution is 1.79. The van der Waals surface area contributed by atoms with E-state index in [2.05, 4.69) is 15.2 Å². The van der Waals surface area contributed by atoms with E-state index in [9.17, 15) is 4.79 Å². The van der Waals surface area contributed by atoms with Gasteiger partial charge in [0.1, 0.15) is 0 Å². The molecule has 0 amide bonds. The number of H-pyrrole nitrogens is 1. The van der Waals surface area contributed by atoms with E-state index in [1.54, 1.807) is 0 Å². The Kier molecular flexibility index (Phi) is 1.22. The summed E-state index contributed by atoms with van der Waals surface area (Å²) in [5.41, 5.74) is 0.00685. The lowest BCUT2D eigenvalue weighted by atomic mass is 10.1. The van der Waals surface area contributed by atoms with Crippen molar-refractivity contribution in [3.63, 3.8) is 0 Å². The number of hydrogen-bond acceptors (Lipinski definition) is 3. The van der Waals surface area contributed by atoms with Gasteiger partial charge in [-0.05, 0) is 0 Å². The number of rotatable bonds is 1. The van der Waals surface area contributed by atoms with Gasteiger partial charge in [-0.15, -0.1) is 5.10 Å². The van der Waals surface area contributed by atoms with E-state index in [4.69, 9.17) is 13.0 Å². The zero-order chi connectivity index (χ0) is 6.85. The average Bonchev–Trinajstić information content (AvgIpc) is 2.14. The summed E-state index contributed by atoms with van der Waals surface area (Å²) in [5.74, 6) is -1.50. The largest absolute Gasteiger partial charge is 0.475 e. The van der Waals surface area contributed by atoms with Crippen molar-refractivity contribution < 1.29 is 9.90 Å². The number of aromatic amines is 1. The molecule has 1 aromatic rings. The predicted molar refractivity (Wildman–Crippen MR) is 28.7 cm³/mol. The van der Waals surface area contributed by atoms with E-state index >= 15 is 0 Å². The molecule has 0 aromatic carbocycles. The summed E-state index contributed by atoms with van der Waals surface area (Å²) in [4.78, 5) is 13.3. The van der Waals surface area contributed by atoms with E-state index < -0.39 is 5.97 Å². The van der Waals surface area contributed by atoms with Crippen LogP contribution in [0.3, 0.4) is 0 Å². The molecule has 1 heterocycles. The molecule has 0 atom stereocenters. The minimum Gasteiger partial charge on any atom is -0.475 e. The first-order chi connectivity index (χ1) is 4.20. The second-order valence-corrected chi connectivity index (χ2v) is 1.35. The number of nitrogens with one attached hydrogen (secondary N) is 1. The lowest BCUT2D eigenvalue weighted by Crippen LogP contribution is -2.07. The predicted octanol–water partition coefficient (Wildman–Crippen LogP) is -1.70. The van der Waals surface area contributed by atoms with E-state index in [-0.39, 0.29) is 11.5 Å². The van der Waals surface area contributed by atoms with Gasteiger partial charge >= 0.3 is 5.97 Å². The maximum Gasteiger partial charge on any atom is 0.375 e. The van der Waals surface area contributed by atoms with Crippen LogP contribution in [0.1, 0.15) is 10.6 Å². The minimum absolute atomic E-state index is 0.00685. The van der Waals surface area contributed by atoms with Gasteiger partial charge in [-0.2, -0.15) is 0 Å². The van der Waals surface area contributed by atoms with Crippen molar-refractivity contribution in [2.45, 2.75) is 0 Å². The normalized spacial score (nSPS) is 9.33. The van der Waals surface area contributed by atoms with Crippen LogP contribution in [0.2, 0.25) is 0 Å². The van der Waals surface area contributed by atoms with Gasteiger partial charge in [0.2, 0.25) is 0 Å². The Morgan fingerprint density at radius 2 is 2.44 bits per heavy atom. The van der Waals surface area contributed by atoms with Crippen LogP contribution in [-0.4, -0.2) is 34.1 Å². The van der Waals surface area contributed by atoms with Crippen molar-refractivity contribution in [2.24, 2.45) is 0 Å². The van der Waals surface area contributed by atoms with E-state index in [1.807, 2.05) is 0 Å². The zero-order valence-electron chi connectivity index (χ0n) is 4.33. The fraction of sp³-hybridized carbons (Fsp3) is 0. The molecule has 9 heavy (non-hydrogen) atoms. The third kappa shape index (κ3) is 1.07. The summed E-state index contributed by atoms with van der Waals surface area (Å²) in [6.45, 7) is 0. The summed E-state index contributed by atoms with van der Waals surface area (Å²) in [6.07, 6.45) is 0. The Balaban J connectivity index is 2.98. The molecular formula is C3H2BN3O2. The zero-order valence-corrected chi connectivity index (χ0v) is 4.33. The maximum absolute atomic E-state index is 10.0. The van der Waals surface area contributed by atoms with Crippen LogP contribution in [0.25, 0.3) is 0 Å². The molecule has 5 nitrogen and oxygen atoms in total. The van der Waals surface area contributed by atoms with Gasteiger partial charge in [0.25, 0.3) is 5.82 Å². The summed E-state index contributed by atoms with van der Waals surface area (Å²) in [7, 11) is 5.02. The molecule has 0 fully saturated rings. The van der Waals surface area contributed by atoms with Gasteiger partial charge in [0.15, 0.2) is 7.85 Å². The Morgan fingerprint density at radius 1 is 1.78 bits per heavy atom. The fourth-order valence-electron chi connectivity index (χ4n) is 0.370. The number of aromatic nitrogens is 3. The molecule has 0 aliphatic heterocycles. The number of carbonyl (C=O) groups is 1. The topological polar surface area (TPSA) is 78.9 Å². The van der Waals surface area contributed by atoms with Crippen molar-refractivity contribution in [1.82, 2.24) is 15.2 Å². The Labute approximate surface area is 51.5 Å². The van der Waals surface area contributed by atoms with Crippen molar-refractivity contribution in [1.29, 1.82) is 0 Å². The Hall–Kier alpha value is -1.33. The highest BCUT2D eigenvalue weighted by Gasteiger charge is 2.06. The van der Waals surface area contributed by atoms with E-state index in [0.29, 0.717) is 0 Å². The summed E-state index contributed by atoms with van der Waals surface area (Å²) >= 11 is 0. The van der Waals surface area contributed by atoms with E-state index in [1.165, 1.54) is 0 Å². The van der Waals surface area contributed by atoms with Crippen LogP contribution < -0.4 is 5.72 Å². The summed E-state index contributed by atoms with van der Waals surface area (Å²) in [6, 6.07) is 0. The van der Waals surface area contributed by atoms with Crippen LogP contribution >= 0.6 is 0 Å². The first-order valence-electron chi connectivity index (χ1n) is 2.11. The van der Waals surface area contributed by atoms with Gasteiger partial charge in [0, 0.05) is 0 Å². The molecule has 1 aromatic heterocycles. The first-order valence-corrected chi connectivity index (χ1v) is 2.11. The minimum atomic E-state index is -1.19. The van der Waals surface area contributed by atoms with Crippen LogP contribution in [-0.2, 0) is 0 Å². The van der Waals surface area contributed by atoms with Crippen molar-refractivity contribution >= 4 is 19.5 Å². The maximum atomic E-state index is 10.0. The monoisotopic (exact) mass is 123 g/mol. The molecule has 2 radical (unpaired) electrons. The lowest BCUT2D eigenvalue weighted by Gasteiger charge is -1.76. The standard InChI is InChI=1S/C3H2BN3O2/c4-3-5-1(2(8)9)6-7-3/h(H,8,9)(H,5,6,7). The highest BCUT2D eigenvalue weighted by atomic mass is 16.4. The van der Waals surface area contributed by atoms with Crippen LogP contribution in [0.15, 0.2) is 0 Å². The Morgan fingerprint density at radius 3 is 2.67 bits per heavy atom. The summed E-state index contributed by atoms with van der Waals surface area (Å²) < 4.78 is 0. The van der Waals surface area contributed by atoms with Gasteiger partial charge in [-0.3, -0.25) is 5.10 Å². The fourth-order valence-corrected chi connectivity index (χ4v) is 0.370. The third-order valence-electron chi connectivity index (χ3n) is 0.694. The molecule has 0 bridgehead atoms. The molecule has 1 rings (SSSR count). The number of carboxylic acid groups (broad SMARTS) is 1. The molecule has 0 unspecified atom stereocenters. The number of aromatic carboxylic acids is 1. The first kappa shape index (κ1) is 5.81. The molecule has 0 spiro atoms.